The Balaban J connectivity index is 1.60. The lowest BCUT2D eigenvalue weighted by Crippen LogP contribution is -2.52. The van der Waals surface area contributed by atoms with Crippen LogP contribution in [0.15, 0.2) is 65.6 Å². The minimum absolute atomic E-state index is 0.0602. The summed E-state index contributed by atoms with van der Waals surface area (Å²) in [7, 11) is -2.84. The number of carbonyl (C=O) groups excluding carboxylic acids is 1. The van der Waals surface area contributed by atoms with E-state index in [0.717, 1.165) is 15.6 Å². The lowest BCUT2D eigenvalue weighted by Gasteiger charge is -2.37. The minimum Gasteiger partial charge on any atom is -0.495 e. The third-order valence-corrected chi connectivity index (χ3v) is 8.72. The van der Waals surface area contributed by atoms with Crippen LogP contribution >= 0.6 is 23.2 Å². The number of halogens is 3. The first-order valence-corrected chi connectivity index (χ1v) is 13.7. The molecule has 4 rings (SSSR count). The normalized spacial score (nSPS) is 14.0. The van der Waals surface area contributed by atoms with Crippen molar-refractivity contribution in [3.8, 4) is 5.75 Å². The molecule has 37 heavy (non-hydrogen) atoms. The molecule has 1 aliphatic rings. The van der Waals surface area contributed by atoms with Crippen LogP contribution in [0, 0.1) is 12.7 Å². The molecular weight excluding hydrogens is 540 g/mol. The van der Waals surface area contributed by atoms with Crippen LogP contribution in [0.2, 0.25) is 10.0 Å². The third-order valence-electron chi connectivity index (χ3n) is 6.18. The van der Waals surface area contributed by atoms with Crippen molar-refractivity contribution in [2.45, 2.75) is 11.8 Å². The van der Waals surface area contributed by atoms with Gasteiger partial charge in [-0.15, -0.1) is 0 Å². The number of hydrogen-bond donors (Lipinski definition) is 0. The molecule has 0 aliphatic carbocycles. The van der Waals surface area contributed by atoms with E-state index in [0.29, 0.717) is 26.2 Å². The molecule has 0 radical (unpaired) electrons. The number of methoxy groups -OCH3 is 1. The fourth-order valence-electron chi connectivity index (χ4n) is 4.15. The molecule has 0 bridgehead atoms. The predicted octanol–water partition coefficient (Wildman–Crippen LogP) is 4.99. The number of carbonyl (C=O) groups is 1. The predicted molar refractivity (Wildman–Crippen MR) is 144 cm³/mol. The monoisotopic (exact) mass is 565 g/mol. The Kier molecular flexibility index (Phi) is 8.16. The van der Waals surface area contributed by atoms with E-state index >= 15 is 0 Å². The number of sulfonamides is 1. The average Bonchev–Trinajstić information content (AvgIpc) is 2.89. The first-order chi connectivity index (χ1) is 17.6. The second-order valence-corrected chi connectivity index (χ2v) is 11.3. The van der Waals surface area contributed by atoms with Gasteiger partial charge in [-0.1, -0.05) is 29.3 Å². The topological polar surface area (TPSA) is 70.2 Å². The van der Waals surface area contributed by atoms with Crippen LogP contribution in [-0.2, 0) is 14.8 Å². The van der Waals surface area contributed by atoms with Crippen LogP contribution < -0.4 is 13.9 Å². The maximum Gasteiger partial charge on any atom is 0.268 e. The lowest BCUT2D eigenvalue weighted by molar-refractivity contribution is -0.129. The van der Waals surface area contributed by atoms with Crippen LogP contribution in [0.25, 0.3) is 0 Å². The van der Waals surface area contributed by atoms with Crippen molar-refractivity contribution < 1.29 is 22.3 Å². The molecule has 0 aromatic heterocycles. The summed E-state index contributed by atoms with van der Waals surface area (Å²) in [6.07, 6.45) is 0. The Labute approximate surface area is 226 Å². The van der Waals surface area contributed by atoms with Crippen LogP contribution in [-0.4, -0.2) is 59.1 Å². The summed E-state index contributed by atoms with van der Waals surface area (Å²) >= 11 is 12.3. The summed E-state index contributed by atoms with van der Waals surface area (Å²) in [5.74, 6) is -0.512. The molecule has 0 saturated carbocycles. The van der Waals surface area contributed by atoms with Gasteiger partial charge in [0.1, 0.15) is 23.0 Å². The van der Waals surface area contributed by atoms with Crippen molar-refractivity contribution in [2.24, 2.45) is 0 Å². The lowest BCUT2D eigenvalue weighted by atomic mass is 10.2. The number of benzene rings is 3. The summed E-state index contributed by atoms with van der Waals surface area (Å²) in [5.41, 5.74) is 1.79. The van der Waals surface area contributed by atoms with E-state index in [1.54, 1.807) is 36.1 Å². The molecule has 1 heterocycles. The van der Waals surface area contributed by atoms with E-state index in [1.165, 1.54) is 43.5 Å². The van der Waals surface area contributed by atoms with Crippen molar-refractivity contribution in [3.63, 3.8) is 0 Å². The Morgan fingerprint density at radius 1 is 0.973 bits per heavy atom. The van der Waals surface area contributed by atoms with Crippen molar-refractivity contribution in [2.75, 3.05) is 49.0 Å². The quantitative estimate of drug-likeness (QED) is 0.403. The molecule has 3 aromatic carbocycles. The number of amides is 1. The van der Waals surface area contributed by atoms with Gasteiger partial charge < -0.3 is 14.5 Å². The number of hydrogen-bond acceptors (Lipinski definition) is 5. The van der Waals surface area contributed by atoms with Gasteiger partial charge in [0.25, 0.3) is 10.0 Å². The van der Waals surface area contributed by atoms with Crippen LogP contribution in [0.3, 0.4) is 0 Å². The van der Waals surface area contributed by atoms with E-state index in [9.17, 15) is 17.6 Å². The smallest absolute Gasteiger partial charge is 0.268 e. The van der Waals surface area contributed by atoms with Gasteiger partial charge in [-0.25, -0.2) is 12.8 Å². The number of rotatable bonds is 7. The Morgan fingerprint density at radius 2 is 1.65 bits per heavy atom. The SMILES string of the molecule is COc1ccc(C)cc1S(=O)(=O)N(CC(=O)N1CCN(c2ccc(F)cc2)CC1)c1ccc(Cl)c(Cl)c1. The minimum atomic E-state index is -4.23. The van der Waals surface area contributed by atoms with Crippen molar-refractivity contribution in [1.29, 1.82) is 0 Å². The van der Waals surface area contributed by atoms with Crippen molar-refractivity contribution in [1.82, 2.24) is 4.90 Å². The summed E-state index contributed by atoms with van der Waals surface area (Å²) in [6.45, 7) is 3.17. The number of anilines is 2. The zero-order valence-corrected chi connectivity index (χ0v) is 22.7. The van der Waals surface area contributed by atoms with Gasteiger partial charge in [-0.3, -0.25) is 9.10 Å². The molecule has 0 unspecified atom stereocenters. The van der Waals surface area contributed by atoms with Gasteiger partial charge in [0.2, 0.25) is 5.91 Å². The van der Waals surface area contributed by atoms with Gasteiger partial charge in [-0.05, 0) is 67.1 Å². The van der Waals surface area contributed by atoms with Crippen LogP contribution in [0.4, 0.5) is 15.8 Å². The van der Waals surface area contributed by atoms with Crippen molar-refractivity contribution in [3.05, 3.63) is 82.1 Å². The third kappa shape index (κ3) is 5.95. The molecule has 7 nitrogen and oxygen atoms in total. The highest BCUT2D eigenvalue weighted by molar-refractivity contribution is 7.93. The van der Waals surface area contributed by atoms with E-state index < -0.39 is 16.6 Å². The van der Waals surface area contributed by atoms with E-state index in [4.69, 9.17) is 27.9 Å². The second-order valence-electron chi connectivity index (χ2n) is 8.61. The molecule has 0 N–H and O–H groups in total. The highest BCUT2D eigenvalue weighted by Crippen LogP contribution is 2.34. The Bertz CT molecular complexity index is 1400. The first kappa shape index (κ1) is 27.0. The number of ether oxygens (including phenoxy) is 1. The van der Waals surface area contributed by atoms with Gasteiger partial charge in [0.15, 0.2) is 0 Å². The highest BCUT2D eigenvalue weighted by atomic mass is 35.5. The Morgan fingerprint density at radius 3 is 2.27 bits per heavy atom. The van der Waals surface area contributed by atoms with E-state index in [1.807, 2.05) is 4.90 Å². The summed E-state index contributed by atoms with van der Waals surface area (Å²) in [5, 5.41) is 0.426. The maximum absolute atomic E-state index is 13.9. The molecule has 1 amide bonds. The average molecular weight is 566 g/mol. The largest absolute Gasteiger partial charge is 0.495 e. The second kappa shape index (κ2) is 11.2. The first-order valence-electron chi connectivity index (χ1n) is 11.5. The standard InChI is InChI=1S/C26H26Cl2FN3O4S/c1-18-3-10-24(36-2)25(15-18)37(34,35)32(21-8-9-22(27)23(28)16-21)17-26(33)31-13-11-30(12-14-31)20-6-4-19(29)5-7-20/h3-10,15-16H,11-14,17H2,1-2H3. The van der Waals surface area contributed by atoms with Crippen molar-refractivity contribution >= 4 is 50.5 Å². The molecule has 1 aliphatic heterocycles. The van der Waals surface area contributed by atoms with Gasteiger partial charge >= 0.3 is 0 Å². The summed E-state index contributed by atoms with van der Waals surface area (Å²) in [4.78, 5) is 17.0. The van der Waals surface area contributed by atoms with E-state index in [-0.39, 0.29) is 38.1 Å². The maximum atomic E-state index is 13.9. The van der Waals surface area contributed by atoms with Gasteiger partial charge in [-0.2, -0.15) is 0 Å². The van der Waals surface area contributed by atoms with E-state index in [2.05, 4.69) is 0 Å². The molecule has 0 atom stereocenters. The summed E-state index contributed by atoms with van der Waals surface area (Å²) in [6, 6.07) is 15.4. The molecule has 1 fully saturated rings. The highest BCUT2D eigenvalue weighted by Gasteiger charge is 2.32. The molecule has 3 aromatic rings. The molecule has 0 spiro atoms. The fourth-order valence-corrected chi connectivity index (χ4v) is 6.09. The number of aryl methyl sites for hydroxylation is 1. The molecule has 1 saturated heterocycles. The number of piperazine rings is 1. The number of nitrogens with zero attached hydrogens (tertiary/aromatic N) is 3. The van der Waals surface area contributed by atoms with Gasteiger partial charge in [0.05, 0.1) is 22.8 Å². The fraction of sp³-hybridized carbons (Fsp3) is 0.269. The van der Waals surface area contributed by atoms with Crippen LogP contribution in [0.5, 0.6) is 5.75 Å². The Hall–Kier alpha value is -3.01. The molecular formula is C26H26Cl2FN3O4S. The zero-order valence-electron chi connectivity index (χ0n) is 20.3. The zero-order chi connectivity index (χ0) is 26.7. The van der Waals surface area contributed by atoms with Gasteiger partial charge in [0, 0.05) is 31.9 Å². The molecule has 196 valence electrons. The van der Waals surface area contributed by atoms with Crippen LogP contribution in [0.1, 0.15) is 5.56 Å². The molecule has 11 heteroatoms. The summed E-state index contributed by atoms with van der Waals surface area (Å²) < 4.78 is 47.4.